The molecule has 0 aliphatic rings. The second-order valence-electron chi connectivity index (χ2n) is 4.69. The van der Waals surface area contributed by atoms with E-state index in [2.05, 4.69) is 33.8 Å². The van der Waals surface area contributed by atoms with Gasteiger partial charge in [0, 0.05) is 6.42 Å². The highest BCUT2D eigenvalue weighted by molar-refractivity contribution is 5.19. The first-order valence-corrected chi connectivity index (χ1v) is 4.44. The molecule has 0 saturated heterocycles. The van der Waals surface area contributed by atoms with Crippen molar-refractivity contribution in [1.82, 2.24) is 0 Å². The van der Waals surface area contributed by atoms with Gasteiger partial charge in [0.1, 0.15) is 11.5 Å². The molecule has 1 aromatic rings. The highest BCUT2D eigenvalue weighted by Crippen LogP contribution is 2.23. The van der Waals surface area contributed by atoms with Crippen molar-refractivity contribution < 1.29 is 4.42 Å². The molecule has 68 valence electrons. The maximum atomic E-state index is 5.59. The number of rotatable bonds is 1. The first-order chi connectivity index (χ1) is 5.38. The van der Waals surface area contributed by atoms with Crippen LogP contribution in [0.2, 0.25) is 0 Å². The molecule has 12 heavy (non-hydrogen) atoms. The highest BCUT2D eigenvalue weighted by atomic mass is 16.3. The molecule has 0 fully saturated rings. The summed E-state index contributed by atoms with van der Waals surface area (Å²) in [5, 5.41) is 0. The average molecular weight is 166 g/mol. The Bertz CT molecular complexity index is 244. The standard InChI is InChI=1S/C11H18O/c1-8-6-10(12-9(8)2)7-11(3,4)5/h6H,7H2,1-5H3. The maximum Gasteiger partial charge on any atom is 0.104 e. The molecule has 0 unspecified atom stereocenters. The van der Waals surface area contributed by atoms with Crippen molar-refractivity contribution in [3.63, 3.8) is 0 Å². The van der Waals surface area contributed by atoms with Gasteiger partial charge in [-0.1, -0.05) is 20.8 Å². The van der Waals surface area contributed by atoms with Crippen molar-refractivity contribution in [1.29, 1.82) is 0 Å². The first kappa shape index (κ1) is 9.37. The molecule has 1 aromatic heterocycles. The van der Waals surface area contributed by atoms with E-state index in [1.165, 1.54) is 5.56 Å². The van der Waals surface area contributed by atoms with Crippen LogP contribution in [0.15, 0.2) is 10.5 Å². The predicted molar refractivity (Wildman–Crippen MR) is 51.3 cm³/mol. The van der Waals surface area contributed by atoms with Gasteiger partial charge in [-0.2, -0.15) is 0 Å². The minimum Gasteiger partial charge on any atom is -0.466 e. The summed E-state index contributed by atoms with van der Waals surface area (Å²) in [7, 11) is 0. The van der Waals surface area contributed by atoms with Crippen molar-refractivity contribution >= 4 is 0 Å². The fraction of sp³-hybridized carbons (Fsp3) is 0.636. The minimum absolute atomic E-state index is 0.316. The van der Waals surface area contributed by atoms with Gasteiger partial charge in [-0.15, -0.1) is 0 Å². The molecule has 0 radical (unpaired) electrons. The van der Waals surface area contributed by atoms with Crippen LogP contribution in [0.25, 0.3) is 0 Å². The summed E-state index contributed by atoms with van der Waals surface area (Å²) in [6, 6.07) is 2.14. The largest absolute Gasteiger partial charge is 0.466 e. The van der Waals surface area contributed by atoms with Crippen molar-refractivity contribution in [3.8, 4) is 0 Å². The predicted octanol–water partition coefficient (Wildman–Crippen LogP) is 3.49. The molecule has 0 bridgehead atoms. The molecular weight excluding hydrogens is 148 g/mol. The normalized spacial score (nSPS) is 12.1. The van der Waals surface area contributed by atoms with Crippen LogP contribution in [0.3, 0.4) is 0 Å². The summed E-state index contributed by atoms with van der Waals surface area (Å²) in [4.78, 5) is 0. The Kier molecular flexibility index (Phi) is 2.31. The summed E-state index contributed by atoms with van der Waals surface area (Å²) < 4.78 is 5.59. The summed E-state index contributed by atoms with van der Waals surface area (Å²) in [6.45, 7) is 10.8. The number of hydrogen-bond acceptors (Lipinski definition) is 1. The molecule has 0 aliphatic carbocycles. The van der Waals surface area contributed by atoms with Crippen LogP contribution in [-0.2, 0) is 6.42 Å². The Balaban J connectivity index is 2.77. The van der Waals surface area contributed by atoms with Gasteiger partial charge in [-0.3, -0.25) is 0 Å². The quantitative estimate of drug-likeness (QED) is 0.622. The van der Waals surface area contributed by atoms with Crippen molar-refractivity contribution in [2.24, 2.45) is 5.41 Å². The Hall–Kier alpha value is -0.720. The second kappa shape index (κ2) is 2.96. The zero-order chi connectivity index (χ0) is 9.35. The third-order valence-electron chi connectivity index (χ3n) is 1.92. The summed E-state index contributed by atoms with van der Waals surface area (Å²) in [6.07, 6.45) is 1.02. The van der Waals surface area contributed by atoms with Gasteiger partial charge in [0.05, 0.1) is 0 Å². The third kappa shape index (κ3) is 2.40. The van der Waals surface area contributed by atoms with Gasteiger partial charge in [-0.25, -0.2) is 0 Å². The molecule has 0 aromatic carbocycles. The monoisotopic (exact) mass is 166 g/mol. The summed E-state index contributed by atoms with van der Waals surface area (Å²) in [5.74, 6) is 2.16. The molecule has 0 aliphatic heterocycles. The molecular formula is C11H18O. The third-order valence-corrected chi connectivity index (χ3v) is 1.92. The van der Waals surface area contributed by atoms with Crippen LogP contribution in [-0.4, -0.2) is 0 Å². The number of hydrogen-bond donors (Lipinski definition) is 0. The van der Waals surface area contributed by atoms with Gasteiger partial charge in [0.2, 0.25) is 0 Å². The lowest BCUT2D eigenvalue weighted by Crippen LogP contribution is -2.08. The van der Waals surface area contributed by atoms with Crippen LogP contribution in [0.4, 0.5) is 0 Å². The van der Waals surface area contributed by atoms with E-state index in [4.69, 9.17) is 4.42 Å². The zero-order valence-corrected chi connectivity index (χ0v) is 8.69. The molecule has 0 spiro atoms. The highest BCUT2D eigenvalue weighted by Gasteiger charge is 2.14. The summed E-state index contributed by atoms with van der Waals surface area (Å²) >= 11 is 0. The van der Waals surface area contributed by atoms with Crippen LogP contribution in [0.1, 0.15) is 37.9 Å². The van der Waals surface area contributed by atoms with Gasteiger partial charge >= 0.3 is 0 Å². The maximum absolute atomic E-state index is 5.59. The van der Waals surface area contributed by atoms with E-state index in [0.29, 0.717) is 5.41 Å². The fourth-order valence-electron chi connectivity index (χ4n) is 1.26. The number of aryl methyl sites for hydroxylation is 2. The molecule has 1 heteroatoms. The average Bonchev–Trinajstić information content (AvgIpc) is 2.07. The van der Waals surface area contributed by atoms with Crippen LogP contribution in [0, 0.1) is 19.3 Å². The van der Waals surface area contributed by atoms with E-state index < -0.39 is 0 Å². The van der Waals surface area contributed by atoms with Crippen LogP contribution in [0.5, 0.6) is 0 Å². The van der Waals surface area contributed by atoms with E-state index in [0.717, 1.165) is 17.9 Å². The lowest BCUT2D eigenvalue weighted by molar-refractivity contribution is 0.357. The topological polar surface area (TPSA) is 13.1 Å². The van der Waals surface area contributed by atoms with E-state index in [-0.39, 0.29) is 0 Å². The molecule has 0 amide bonds. The van der Waals surface area contributed by atoms with E-state index >= 15 is 0 Å². The fourth-order valence-corrected chi connectivity index (χ4v) is 1.26. The van der Waals surface area contributed by atoms with Gasteiger partial charge in [-0.05, 0) is 30.9 Å². The molecule has 1 rings (SSSR count). The van der Waals surface area contributed by atoms with E-state index in [1.54, 1.807) is 0 Å². The van der Waals surface area contributed by atoms with Crippen molar-refractivity contribution in [3.05, 3.63) is 23.2 Å². The van der Waals surface area contributed by atoms with Crippen LogP contribution < -0.4 is 0 Å². The van der Waals surface area contributed by atoms with Crippen LogP contribution >= 0.6 is 0 Å². The Morgan fingerprint density at radius 3 is 2.17 bits per heavy atom. The first-order valence-electron chi connectivity index (χ1n) is 4.44. The van der Waals surface area contributed by atoms with E-state index in [9.17, 15) is 0 Å². The van der Waals surface area contributed by atoms with Crippen molar-refractivity contribution in [2.45, 2.75) is 41.0 Å². The Morgan fingerprint density at radius 2 is 1.83 bits per heavy atom. The molecule has 0 atom stereocenters. The van der Waals surface area contributed by atoms with Gasteiger partial charge in [0.25, 0.3) is 0 Å². The summed E-state index contributed by atoms with van der Waals surface area (Å²) in [5.41, 5.74) is 1.57. The van der Waals surface area contributed by atoms with E-state index in [1.807, 2.05) is 6.92 Å². The Morgan fingerprint density at radius 1 is 1.25 bits per heavy atom. The number of furan rings is 1. The zero-order valence-electron chi connectivity index (χ0n) is 8.69. The molecule has 1 nitrogen and oxygen atoms in total. The Labute approximate surface area is 74.8 Å². The lowest BCUT2D eigenvalue weighted by atomic mass is 9.91. The molecule has 0 saturated carbocycles. The van der Waals surface area contributed by atoms with Gasteiger partial charge in [0.15, 0.2) is 0 Å². The second-order valence-corrected chi connectivity index (χ2v) is 4.69. The minimum atomic E-state index is 0.316. The molecule has 1 heterocycles. The van der Waals surface area contributed by atoms with Crippen molar-refractivity contribution in [2.75, 3.05) is 0 Å². The SMILES string of the molecule is Cc1cc(CC(C)(C)C)oc1C. The smallest absolute Gasteiger partial charge is 0.104 e. The van der Waals surface area contributed by atoms with Gasteiger partial charge < -0.3 is 4.42 Å². The molecule has 0 N–H and O–H groups in total. The lowest BCUT2D eigenvalue weighted by Gasteiger charge is -2.15.